The van der Waals surface area contributed by atoms with Crippen molar-refractivity contribution < 1.29 is 14.6 Å². The second-order valence-corrected chi connectivity index (χ2v) is 5.11. The summed E-state index contributed by atoms with van der Waals surface area (Å²) in [5.41, 5.74) is 1.70. The normalized spacial score (nSPS) is 10.2. The number of hydrogen-bond acceptors (Lipinski definition) is 4. The molecule has 0 aliphatic rings. The van der Waals surface area contributed by atoms with Gasteiger partial charge in [0.05, 0.1) is 14.2 Å². The van der Waals surface area contributed by atoms with Crippen LogP contribution in [0.15, 0.2) is 40.9 Å². The number of rotatable bonds is 5. The molecule has 0 atom stereocenters. The van der Waals surface area contributed by atoms with Gasteiger partial charge < -0.3 is 19.9 Å². The van der Waals surface area contributed by atoms with E-state index in [2.05, 4.69) is 21.2 Å². The van der Waals surface area contributed by atoms with E-state index in [4.69, 9.17) is 9.47 Å². The van der Waals surface area contributed by atoms with Crippen molar-refractivity contribution in [1.82, 2.24) is 0 Å². The molecular weight excluding hydrogens is 322 g/mol. The minimum absolute atomic E-state index is 0.265. The number of halogens is 1. The van der Waals surface area contributed by atoms with Crippen LogP contribution in [-0.4, -0.2) is 19.3 Å². The van der Waals surface area contributed by atoms with Crippen LogP contribution in [0.5, 0.6) is 17.2 Å². The van der Waals surface area contributed by atoms with Crippen LogP contribution in [0, 0.1) is 0 Å². The van der Waals surface area contributed by atoms with Gasteiger partial charge in [0.15, 0.2) is 11.5 Å². The SMILES string of the molecule is COc1ccc(NCc2cc(Br)ccc2O)cc1OC. The fourth-order valence-electron chi connectivity index (χ4n) is 1.84. The molecular formula is C15H16BrNO3. The minimum atomic E-state index is 0.265. The summed E-state index contributed by atoms with van der Waals surface area (Å²) in [4.78, 5) is 0. The standard InChI is InChI=1S/C15H16BrNO3/c1-19-14-6-4-12(8-15(14)20-2)17-9-10-7-11(16)3-5-13(10)18/h3-8,17-18H,9H2,1-2H3. The molecule has 2 aromatic rings. The average molecular weight is 338 g/mol. The number of ether oxygens (including phenoxy) is 2. The van der Waals surface area contributed by atoms with Gasteiger partial charge in [-0.15, -0.1) is 0 Å². The quantitative estimate of drug-likeness (QED) is 0.871. The Balaban J connectivity index is 2.12. The van der Waals surface area contributed by atoms with Crippen LogP contribution in [0.25, 0.3) is 0 Å². The first-order chi connectivity index (χ1) is 9.63. The first-order valence-corrected chi connectivity index (χ1v) is 6.86. The molecule has 0 amide bonds. The molecule has 0 aliphatic carbocycles. The third-order valence-electron chi connectivity index (χ3n) is 2.91. The molecule has 2 N–H and O–H groups in total. The Morgan fingerprint density at radius 3 is 2.50 bits per heavy atom. The molecule has 2 rings (SSSR count). The largest absolute Gasteiger partial charge is 0.508 e. The number of aromatic hydroxyl groups is 1. The van der Waals surface area contributed by atoms with Crippen LogP contribution in [0.1, 0.15) is 5.56 Å². The molecule has 0 heterocycles. The van der Waals surface area contributed by atoms with Crippen LogP contribution in [-0.2, 0) is 6.54 Å². The van der Waals surface area contributed by atoms with E-state index in [1.54, 1.807) is 26.4 Å². The Labute approximate surface area is 126 Å². The van der Waals surface area contributed by atoms with E-state index in [1.807, 2.05) is 24.3 Å². The summed E-state index contributed by atoms with van der Waals surface area (Å²) < 4.78 is 11.4. The van der Waals surface area contributed by atoms with Crippen LogP contribution in [0.4, 0.5) is 5.69 Å². The zero-order valence-electron chi connectivity index (χ0n) is 11.3. The number of anilines is 1. The summed E-state index contributed by atoms with van der Waals surface area (Å²) in [7, 11) is 3.20. The number of benzene rings is 2. The van der Waals surface area contributed by atoms with Crippen molar-refractivity contribution >= 4 is 21.6 Å². The summed E-state index contributed by atoms with van der Waals surface area (Å²) in [5.74, 6) is 1.61. The fraction of sp³-hybridized carbons (Fsp3) is 0.200. The second kappa shape index (κ2) is 6.52. The maximum absolute atomic E-state index is 9.79. The van der Waals surface area contributed by atoms with Crippen molar-refractivity contribution in [2.75, 3.05) is 19.5 Å². The highest BCUT2D eigenvalue weighted by molar-refractivity contribution is 9.10. The first kappa shape index (κ1) is 14.5. The van der Waals surface area contributed by atoms with Crippen LogP contribution < -0.4 is 14.8 Å². The average Bonchev–Trinajstić information content (AvgIpc) is 2.47. The lowest BCUT2D eigenvalue weighted by molar-refractivity contribution is 0.355. The van der Waals surface area contributed by atoms with E-state index in [-0.39, 0.29) is 5.75 Å². The Bertz CT molecular complexity index is 602. The zero-order chi connectivity index (χ0) is 14.5. The van der Waals surface area contributed by atoms with Gasteiger partial charge in [-0.3, -0.25) is 0 Å². The number of phenols is 1. The predicted octanol–water partition coefficient (Wildman–Crippen LogP) is 3.78. The summed E-state index contributed by atoms with van der Waals surface area (Å²) >= 11 is 3.39. The van der Waals surface area contributed by atoms with Crippen molar-refractivity contribution in [3.8, 4) is 17.2 Å². The molecule has 2 aromatic carbocycles. The molecule has 106 valence electrons. The van der Waals surface area contributed by atoms with E-state index < -0.39 is 0 Å². The monoisotopic (exact) mass is 337 g/mol. The predicted molar refractivity (Wildman–Crippen MR) is 82.7 cm³/mol. The second-order valence-electron chi connectivity index (χ2n) is 4.20. The molecule has 0 aliphatic heterocycles. The molecule has 0 bridgehead atoms. The summed E-state index contributed by atoms with van der Waals surface area (Å²) in [6, 6.07) is 10.9. The van der Waals surface area contributed by atoms with E-state index in [9.17, 15) is 5.11 Å². The Hall–Kier alpha value is -1.88. The van der Waals surface area contributed by atoms with E-state index in [0.717, 1.165) is 15.7 Å². The molecule has 5 heteroatoms. The molecule has 4 nitrogen and oxygen atoms in total. The topological polar surface area (TPSA) is 50.7 Å². The lowest BCUT2D eigenvalue weighted by Gasteiger charge is -2.12. The molecule has 0 fully saturated rings. The lowest BCUT2D eigenvalue weighted by atomic mass is 10.2. The number of nitrogens with one attached hydrogen (secondary N) is 1. The molecule has 0 radical (unpaired) electrons. The highest BCUT2D eigenvalue weighted by atomic mass is 79.9. The maximum Gasteiger partial charge on any atom is 0.162 e. The first-order valence-electron chi connectivity index (χ1n) is 6.07. The van der Waals surface area contributed by atoms with Gasteiger partial charge in [-0.2, -0.15) is 0 Å². The van der Waals surface area contributed by atoms with Gasteiger partial charge in [-0.25, -0.2) is 0 Å². The smallest absolute Gasteiger partial charge is 0.162 e. The van der Waals surface area contributed by atoms with E-state index in [1.165, 1.54) is 0 Å². The minimum Gasteiger partial charge on any atom is -0.508 e. The van der Waals surface area contributed by atoms with Crippen molar-refractivity contribution in [3.63, 3.8) is 0 Å². The third-order valence-corrected chi connectivity index (χ3v) is 3.40. The molecule has 0 saturated heterocycles. The van der Waals surface area contributed by atoms with Crippen molar-refractivity contribution in [1.29, 1.82) is 0 Å². The van der Waals surface area contributed by atoms with E-state index in [0.29, 0.717) is 18.0 Å². The van der Waals surface area contributed by atoms with Crippen molar-refractivity contribution in [2.24, 2.45) is 0 Å². The van der Waals surface area contributed by atoms with Gasteiger partial charge in [0.2, 0.25) is 0 Å². The molecule has 0 saturated carbocycles. The van der Waals surface area contributed by atoms with Crippen LogP contribution in [0.3, 0.4) is 0 Å². The van der Waals surface area contributed by atoms with Crippen molar-refractivity contribution in [2.45, 2.75) is 6.54 Å². The molecule has 0 aromatic heterocycles. The van der Waals surface area contributed by atoms with Gasteiger partial charge >= 0.3 is 0 Å². The Kier molecular flexibility index (Phi) is 4.74. The highest BCUT2D eigenvalue weighted by Gasteiger charge is 2.06. The number of phenolic OH excluding ortho intramolecular Hbond substituents is 1. The van der Waals surface area contributed by atoms with Gasteiger partial charge in [0.25, 0.3) is 0 Å². The number of methoxy groups -OCH3 is 2. The number of hydrogen-bond donors (Lipinski definition) is 2. The third kappa shape index (κ3) is 3.36. The van der Waals surface area contributed by atoms with Gasteiger partial charge in [0.1, 0.15) is 5.75 Å². The highest BCUT2D eigenvalue weighted by Crippen LogP contribution is 2.30. The van der Waals surface area contributed by atoms with Gasteiger partial charge in [-0.05, 0) is 30.3 Å². The molecule has 20 heavy (non-hydrogen) atoms. The van der Waals surface area contributed by atoms with Crippen LogP contribution >= 0.6 is 15.9 Å². The van der Waals surface area contributed by atoms with Crippen molar-refractivity contribution in [3.05, 3.63) is 46.4 Å². The van der Waals surface area contributed by atoms with Gasteiger partial charge in [0, 0.05) is 28.3 Å². The fourth-order valence-corrected chi connectivity index (χ4v) is 2.25. The van der Waals surface area contributed by atoms with Gasteiger partial charge in [-0.1, -0.05) is 15.9 Å². The molecule has 0 spiro atoms. The Morgan fingerprint density at radius 1 is 1.05 bits per heavy atom. The lowest BCUT2D eigenvalue weighted by Crippen LogP contribution is -2.00. The summed E-state index contributed by atoms with van der Waals surface area (Å²) in [6.45, 7) is 0.515. The van der Waals surface area contributed by atoms with E-state index >= 15 is 0 Å². The maximum atomic E-state index is 9.79. The molecule has 0 unspecified atom stereocenters. The Morgan fingerprint density at radius 2 is 1.80 bits per heavy atom. The van der Waals surface area contributed by atoms with Crippen LogP contribution in [0.2, 0.25) is 0 Å². The zero-order valence-corrected chi connectivity index (χ0v) is 12.9. The summed E-state index contributed by atoms with van der Waals surface area (Å²) in [5, 5.41) is 13.0. The summed E-state index contributed by atoms with van der Waals surface area (Å²) in [6.07, 6.45) is 0.